The van der Waals surface area contributed by atoms with Crippen molar-refractivity contribution < 1.29 is 9.90 Å². The summed E-state index contributed by atoms with van der Waals surface area (Å²) in [7, 11) is 0. The molecule has 1 aliphatic heterocycles. The fourth-order valence-corrected chi connectivity index (χ4v) is 2.38. The lowest BCUT2D eigenvalue weighted by Gasteiger charge is -2.35. The molecule has 116 valence electrons. The van der Waals surface area contributed by atoms with Crippen LogP contribution in [-0.2, 0) is 4.79 Å². The molecule has 1 fully saturated rings. The van der Waals surface area contributed by atoms with E-state index in [0.29, 0.717) is 25.5 Å². The number of hydrogen-bond donors (Lipinski definition) is 2. The van der Waals surface area contributed by atoms with Crippen molar-refractivity contribution in [2.45, 2.75) is 19.4 Å². The molecule has 0 aromatic carbocycles. The Morgan fingerprint density at radius 2 is 2.00 bits per heavy atom. The summed E-state index contributed by atoms with van der Waals surface area (Å²) < 4.78 is 0. The van der Waals surface area contributed by atoms with Crippen molar-refractivity contribution in [1.82, 2.24) is 19.8 Å². The van der Waals surface area contributed by atoms with Gasteiger partial charge in [-0.25, -0.2) is 9.97 Å². The number of nitrogens with one attached hydrogen (secondary N) is 1. The summed E-state index contributed by atoms with van der Waals surface area (Å²) in [5, 5.41) is 12.4. The van der Waals surface area contributed by atoms with E-state index in [4.69, 9.17) is 0 Å². The Morgan fingerprint density at radius 1 is 1.33 bits per heavy atom. The molecule has 7 nitrogen and oxygen atoms in total. The maximum absolute atomic E-state index is 12.1. The van der Waals surface area contributed by atoms with Crippen LogP contribution in [0, 0.1) is 0 Å². The van der Waals surface area contributed by atoms with Crippen LogP contribution in [0.2, 0.25) is 0 Å². The van der Waals surface area contributed by atoms with Gasteiger partial charge in [-0.15, -0.1) is 0 Å². The Kier molecular flexibility index (Phi) is 5.89. The number of β-amino-alcohol motifs (C(OH)–C–C–N with tert-alkyl or cyclic N) is 1. The van der Waals surface area contributed by atoms with Gasteiger partial charge in [0.15, 0.2) is 0 Å². The first-order chi connectivity index (χ1) is 10.1. The number of amides is 1. The standard InChI is InChI=1S/C14H23N5O2/c1-12(20)11-18-7-9-19(10-8-18)13(21)3-6-17-14-15-4-2-5-16-14/h2,4-5,12,20H,3,6-11H2,1H3,(H,15,16,17)/t12-/m0/s1. The molecule has 2 rings (SSSR count). The van der Waals surface area contributed by atoms with E-state index in [1.54, 1.807) is 25.4 Å². The summed E-state index contributed by atoms with van der Waals surface area (Å²) in [6, 6.07) is 1.75. The average molecular weight is 293 g/mol. The van der Waals surface area contributed by atoms with Gasteiger partial charge in [-0.2, -0.15) is 0 Å². The van der Waals surface area contributed by atoms with Crippen molar-refractivity contribution in [2.24, 2.45) is 0 Å². The molecule has 1 atom stereocenters. The van der Waals surface area contributed by atoms with Gasteiger partial charge in [-0.05, 0) is 13.0 Å². The monoisotopic (exact) mass is 293 g/mol. The minimum Gasteiger partial charge on any atom is -0.392 e. The lowest BCUT2D eigenvalue weighted by Crippen LogP contribution is -2.50. The van der Waals surface area contributed by atoms with Gasteiger partial charge >= 0.3 is 0 Å². The molecule has 2 N–H and O–H groups in total. The molecule has 0 aliphatic carbocycles. The molecule has 21 heavy (non-hydrogen) atoms. The molecule has 0 bridgehead atoms. The summed E-state index contributed by atoms with van der Waals surface area (Å²) in [6.45, 7) is 6.11. The molecule has 1 amide bonds. The van der Waals surface area contributed by atoms with Crippen molar-refractivity contribution in [3.63, 3.8) is 0 Å². The van der Waals surface area contributed by atoms with Crippen LogP contribution in [0.4, 0.5) is 5.95 Å². The van der Waals surface area contributed by atoms with Gasteiger partial charge in [-0.3, -0.25) is 9.69 Å². The zero-order valence-corrected chi connectivity index (χ0v) is 12.4. The maximum Gasteiger partial charge on any atom is 0.224 e. The smallest absolute Gasteiger partial charge is 0.224 e. The number of anilines is 1. The van der Waals surface area contributed by atoms with Gasteiger partial charge < -0.3 is 15.3 Å². The van der Waals surface area contributed by atoms with Crippen molar-refractivity contribution in [1.29, 1.82) is 0 Å². The van der Waals surface area contributed by atoms with Crippen LogP contribution >= 0.6 is 0 Å². The van der Waals surface area contributed by atoms with Crippen LogP contribution in [-0.4, -0.2) is 76.2 Å². The second-order valence-electron chi connectivity index (χ2n) is 5.28. The quantitative estimate of drug-likeness (QED) is 0.756. The molecular formula is C14H23N5O2. The van der Waals surface area contributed by atoms with Gasteiger partial charge in [0.1, 0.15) is 0 Å². The number of aromatic nitrogens is 2. The van der Waals surface area contributed by atoms with Gasteiger partial charge in [0.25, 0.3) is 0 Å². The average Bonchev–Trinajstić information content (AvgIpc) is 2.48. The molecular weight excluding hydrogens is 270 g/mol. The van der Waals surface area contributed by atoms with E-state index in [9.17, 15) is 9.90 Å². The Balaban J connectivity index is 1.65. The van der Waals surface area contributed by atoms with Crippen molar-refractivity contribution in [2.75, 3.05) is 44.6 Å². The molecule has 0 unspecified atom stereocenters. The molecule has 1 aromatic rings. The SMILES string of the molecule is C[C@H](O)CN1CCN(C(=O)CCNc2ncccn2)CC1. The van der Waals surface area contributed by atoms with Gasteiger partial charge in [0.2, 0.25) is 11.9 Å². The number of piperazine rings is 1. The predicted octanol–water partition coefficient (Wildman–Crippen LogP) is -0.196. The van der Waals surface area contributed by atoms with Gasteiger partial charge in [-0.1, -0.05) is 0 Å². The van der Waals surface area contributed by atoms with Crippen LogP contribution in [0.3, 0.4) is 0 Å². The van der Waals surface area contributed by atoms with Crippen molar-refractivity contribution in [3.05, 3.63) is 18.5 Å². The number of hydrogen-bond acceptors (Lipinski definition) is 6. The molecule has 0 spiro atoms. The molecule has 7 heteroatoms. The maximum atomic E-state index is 12.1. The first-order valence-electron chi connectivity index (χ1n) is 7.34. The number of nitrogens with zero attached hydrogens (tertiary/aromatic N) is 4. The van der Waals surface area contributed by atoms with Crippen LogP contribution in [0.1, 0.15) is 13.3 Å². The molecule has 2 heterocycles. The number of rotatable bonds is 6. The fraction of sp³-hybridized carbons (Fsp3) is 0.643. The minimum absolute atomic E-state index is 0.148. The first kappa shape index (κ1) is 15.7. The molecule has 0 radical (unpaired) electrons. The first-order valence-corrected chi connectivity index (χ1v) is 7.34. The van der Waals surface area contributed by atoms with Gasteiger partial charge in [0.05, 0.1) is 6.10 Å². The number of aliphatic hydroxyl groups excluding tert-OH is 1. The highest BCUT2D eigenvalue weighted by atomic mass is 16.3. The lowest BCUT2D eigenvalue weighted by molar-refractivity contribution is -0.132. The van der Waals surface area contributed by atoms with Crippen LogP contribution in [0.25, 0.3) is 0 Å². The van der Waals surface area contributed by atoms with E-state index in [1.165, 1.54) is 0 Å². The Morgan fingerprint density at radius 3 is 2.62 bits per heavy atom. The highest BCUT2D eigenvalue weighted by Crippen LogP contribution is 2.05. The van der Waals surface area contributed by atoms with Crippen LogP contribution < -0.4 is 5.32 Å². The molecule has 0 saturated carbocycles. The normalized spacial score (nSPS) is 17.5. The van der Waals surface area contributed by atoms with E-state index >= 15 is 0 Å². The number of carbonyl (C=O) groups is 1. The summed E-state index contributed by atoms with van der Waals surface area (Å²) in [6.07, 6.45) is 3.45. The Labute approximate surface area is 125 Å². The third-order valence-corrected chi connectivity index (χ3v) is 3.44. The topological polar surface area (TPSA) is 81.6 Å². The summed E-state index contributed by atoms with van der Waals surface area (Å²) in [4.78, 5) is 24.3. The molecule has 1 aromatic heterocycles. The van der Waals surface area contributed by atoms with Crippen molar-refractivity contribution >= 4 is 11.9 Å². The van der Waals surface area contributed by atoms with E-state index < -0.39 is 0 Å². The summed E-state index contributed by atoms with van der Waals surface area (Å²) in [5.41, 5.74) is 0. The second kappa shape index (κ2) is 7.90. The van der Waals surface area contributed by atoms with Gasteiger partial charge in [0, 0.05) is 58.1 Å². The third kappa shape index (κ3) is 5.28. The lowest BCUT2D eigenvalue weighted by atomic mass is 10.2. The van der Waals surface area contributed by atoms with E-state index in [1.807, 2.05) is 4.90 Å². The van der Waals surface area contributed by atoms with E-state index in [0.717, 1.165) is 26.2 Å². The molecule has 1 aliphatic rings. The molecule has 1 saturated heterocycles. The Bertz CT molecular complexity index is 432. The minimum atomic E-state index is -0.317. The summed E-state index contributed by atoms with van der Waals surface area (Å²) in [5.74, 6) is 0.696. The van der Waals surface area contributed by atoms with Crippen LogP contribution in [0.15, 0.2) is 18.5 Å². The van der Waals surface area contributed by atoms with E-state index in [2.05, 4.69) is 20.2 Å². The highest BCUT2D eigenvalue weighted by molar-refractivity contribution is 5.76. The fourth-order valence-electron chi connectivity index (χ4n) is 2.38. The second-order valence-corrected chi connectivity index (χ2v) is 5.28. The van der Waals surface area contributed by atoms with Crippen molar-refractivity contribution in [3.8, 4) is 0 Å². The highest BCUT2D eigenvalue weighted by Gasteiger charge is 2.21. The van der Waals surface area contributed by atoms with Crippen LogP contribution in [0.5, 0.6) is 0 Å². The largest absolute Gasteiger partial charge is 0.392 e. The zero-order valence-electron chi connectivity index (χ0n) is 12.4. The predicted molar refractivity (Wildman–Crippen MR) is 79.8 cm³/mol. The van der Waals surface area contributed by atoms with E-state index in [-0.39, 0.29) is 12.0 Å². The summed E-state index contributed by atoms with van der Waals surface area (Å²) >= 11 is 0. The zero-order chi connectivity index (χ0) is 15.1. The number of aliphatic hydroxyl groups is 1. The third-order valence-electron chi connectivity index (χ3n) is 3.44. The number of carbonyl (C=O) groups excluding carboxylic acids is 1. The Hall–Kier alpha value is -1.73.